The molecule has 0 spiro atoms. The van der Waals surface area contributed by atoms with Crippen molar-refractivity contribution in [1.29, 1.82) is 0 Å². The van der Waals surface area contributed by atoms with Crippen LogP contribution in [0.2, 0.25) is 5.02 Å². The number of rotatable bonds is 6. The number of nitrogens with zero attached hydrogens (tertiary/aromatic N) is 4. The van der Waals surface area contributed by atoms with Crippen LogP contribution in [0.1, 0.15) is 16.1 Å². The molecule has 2 heterocycles. The number of halogens is 2. The summed E-state index contributed by atoms with van der Waals surface area (Å²) in [5.74, 6) is -0.121. The highest BCUT2D eigenvalue weighted by Gasteiger charge is 2.16. The Labute approximate surface area is 166 Å². The highest BCUT2D eigenvalue weighted by Crippen LogP contribution is 2.29. The first-order valence-electron chi connectivity index (χ1n) is 7.14. The summed E-state index contributed by atoms with van der Waals surface area (Å²) in [6.45, 7) is 0. The lowest BCUT2D eigenvalue weighted by atomic mass is 10.2. The van der Waals surface area contributed by atoms with Crippen molar-refractivity contribution in [2.24, 2.45) is 0 Å². The van der Waals surface area contributed by atoms with Crippen LogP contribution in [0.25, 0.3) is 0 Å². The van der Waals surface area contributed by atoms with Crippen molar-refractivity contribution < 1.29 is 9.18 Å². The molecule has 1 N–H and O–H groups in total. The largest absolute Gasteiger partial charge is 0.295 e. The van der Waals surface area contributed by atoms with E-state index in [0.717, 1.165) is 5.56 Å². The number of aromatic nitrogens is 4. The van der Waals surface area contributed by atoms with Crippen LogP contribution in [0.15, 0.2) is 40.0 Å². The van der Waals surface area contributed by atoms with E-state index in [0.29, 0.717) is 20.4 Å². The van der Waals surface area contributed by atoms with Crippen LogP contribution in [-0.2, 0) is 5.75 Å². The number of carbonyl (C=O) groups is 1. The van der Waals surface area contributed by atoms with E-state index in [-0.39, 0.29) is 16.5 Å². The monoisotopic (exact) mass is 427 g/mol. The number of anilines is 1. The second kappa shape index (κ2) is 8.76. The molecule has 0 bridgehead atoms. The molecule has 1 amide bonds. The van der Waals surface area contributed by atoms with Crippen LogP contribution in [0.3, 0.4) is 0 Å². The summed E-state index contributed by atoms with van der Waals surface area (Å²) in [5, 5.41) is 11.6. The van der Waals surface area contributed by atoms with Gasteiger partial charge in [0.15, 0.2) is 15.2 Å². The van der Waals surface area contributed by atoms with Gasteiger partial charge >= 0.3 is 0 Å². The molecule has 134 valence electrons. The smallest absolute Gasteiger partial charge is 0.277 e. The minimum Gasteiger partial charge on any atom is -0.295 e. The average Bonchev–Trinajstić information content (AvgIpc) is 3.09. The Morgan fingerprint density at radius 2 is 2.08 bits per heavy atom. The number of carbonyl (C=O) groups excluding carboxylic acids is 1. The van der Waals surface area contributed by atoms with Gasteiger partial charge in [-0.25, -0.2) is 14.4 Å². The number of benzene rings is 1. The lowest BCUT2D eigenvalue weighted by Crippen LogP contribution is -2.15. The Bertz CT molecular complexity index is 922. The summed E-state index contributed by atoms with van der Waals surface area (Å²) >= 11 is 9.99. The van der Waals surface area contributed by atoms with E-state index < -0.39 is 5.91 Å². The number of hydrogen-bond acceptors (Lipinski definition) is 8. The fourth-order valence-corrected chi connectivity index (χ4v) is 4.03. The summed E-state index contributed by atoms with van der Waals surface area (Å²) in [7, 11) is 0. The molecule has 3 rings (SSSR count). The summed E-state index contributed by atoms with van der Waals surface area (Å²) in [6.07, 6.45) is 3.19. The maximum absolute atomic E-state index is 12.9. The topological polar surface area (TPSA) is 80.7 Å². The lowest BCUT2D eigenvalue weighted by Gasteiger charge is -2.03. The molecule has 0 saturated heterocycles. The third-order valence-electron chi connectivity index (χ3n) is 3.02. The molecule has 0 saturated carbocycles. The van der Waals surface area contributed by atoms with E-state index in [4.69, 9.17) is 11.6 Å². The maximum atomic E-state index is 12.9. The molecule has 3 aromatic rings. The Kier molecular flexibility index (Phi) is 6.41. The van der Waals surface area contributed by atoms with Gasteiger partial charge in [0.1, 0.15) is 5.82 Å². The summed E-state index contributed by atoms with van der Waals surface area (Å²) in [4.78, 5) is 20.4. The molecular formula is C15H11ClFN5OS3. The molecule has 0 aliphatic carbocycles. The molecule has 0 aliphatic heterocycles. The van der Waals surface area contributed by atoms with Gasteiger partial charge in [0.05, 0.1) is 11.2 Å². The standard InChI is InChI=1S/C15H11ClFN5OS3/c1-24-13-18-6-10(16)11(19-13)12(23)20-14-21-22-15(26-14)25-7-8-2-4-9(17)5-3-8/h2-6H,7H2,1H3,(H,20,21,23). The van der Waals surface area contributed by atoms with Crippen molar-refractivity contribution in [2.45, 2.75) is 15.2 Å². The van der Waals surface area contributed by atoms with Gasteiger partial charge in [-0.2, -0.15) is 0 Å². The van der Waals surface area contributed by atoms with Crippen LogP contribution < -0.4 is 5.32 Å². The predicted octanol–water partition coefficient (Wildman–Crippen LogP) is 4.39. The van der Waals surface area contributed by atoms with E-state index in [1.165, 1.54) is 53.2 Å². The van der Waals surface area contributed by atoms with E-state index in [1.807, 2.05) is 0 Å². The van der Waals surface area contributed by atoms with E-state index in [1.54, 1.807) is 18.4 Å². The molecule has 0 aliphatic rings. The van der Waals surface area contributed by atoms with Gasteiger partial charge in [-0.3, -0.25) is 10.1 Å². The Morgan fingerprint density at radius 1 is 1.31 bits per heavy atom. The van der Waals surface area contributed by atoms with E-state index >= 15 is 0 Å². The Hall–Kier alpha value is -1.75. The molecule has 0 atom stereocenters. The molecular weight excluding hydrogens is 417 g/mol. The number of nitrogens with one attached hydrogen (secondary N) is 1. The number of amides is 1. The Balaban J connectivity index is 1.63. The fourth-order valence-electron chi connectivity index (χ4n) is 1.81. The van der Waals surface area contributed by atoms with E-state index in [2.05, 4.69) is 25.5 Å². The minimum absolute atomic E-state index is 0.0849. The quantitative estimate of drug-likeness (QED) is 0.355. The molecule has 1 aromatic carbocycles. The Morgan fingerprint density at radius 3 is 2.81 bits per heavy atom. The maximum Gasteiger partial charge on any atom is 0.277 e. The average molecular weight is 428 g/mol. The first kappa shape index (κ1) is 19.0. The van der Waals surface area contributed by atoms with Crippen molar-refractivity contribution in [3.63, 3.8) is 0 Å². The highest BCUT2D eigenvalue weighted by atomic mass is 35.5. The second-order valence-electron chi connectivity index (χ2n) is 4.80. The van der Waals surface area contributed by atoms with Crippen LogP contribution in [0.4, 0.5) is 9.52 Å². The van der Waals surface area contributed by atoms with Crippen molar-refractivity contribution in [3.05, 3.63) is 52.6 Å². The summed E-state index contributed by atoms with van der Waals surface area (Å²) < 4.78 is 13.6. The molecule has 0 unspecified atom stereocenters. The first-order chi connectivity index (χ1) is 12.5. The number of hydrogen-bond donors (Lipinski definition) is 1. The molecule has 2 aromatic heterocycles. The summed E-state index contributed by atoms with van der Waals surface area (Å²) in [5.41, 5.74) is 1.05. The summed E-state index contributed by atoms with van der Waals surface area (Å²) in [6, 6.07) is 6.25. The van der Waals surface area contributed by atoms with Gasteiger partial charge in [-0.15, -0.1) is 10.2 Å². The van der Waals surface area contributed by atoms with Crippen LogP contribution in [0, 0.1) is 5.82 Å². The predicted molar refractivity (Wildman–Crippen MR) is 103 cm³/mol. The normalized spacial score (nSPS) is 10.7. The zero-order valence-electron chi connectivity index (χ0n) is 13.3. The first-order valence-corrected chi connectivity index (χ1v) is 10.5. The van der Waals surface area contributed by atoms with Crippen molar-refractivity contribution in [1.82, 2.24) is 20.2 Å². The van der Waals surface area contributed by atoms with Gasteiger partial charge in [-0.1, -0.05) is 58.6 Å². The molecule has 11 heteroatoms. The van der Waals surface area contributed by atoms with Crippen LogP contribution in [0.5, 0.6) is 0 Å². The molecule has 0 fully saturated rings. The van der Waals surface area contributed by atoms with Gasteiger partial charge in [0.25, 0.3) is 5.91 Å². The molecule has 26 heavy (non-hydrogen) atoms. The van der Waals surface area contributed by atoms with Crippen molar-refractivity contribution >= 4 is 57.5 Å². The zero-order valence-corrected chi connectivity index (χ0v) is 16.5. The number of thioether (sulfide) groups is 2. The minimum atomic E-state index is -0.473. The van der Waals surface area contributed by atoms with Crippen LogP contribution >= 0.6 is 46.5 Å². The van der Waals surface area contributed by atoms with Crippen LogP contribution in [-0.4, -0.2) is 32.3 Å². The van der Waals surface area contributed by atoms with Crippen molar-refractivity contribution in [2.75, 3.05) is 11.6 Å². The van der Waals surface area contributed by atoms with E-state index in [9.17, 15) is 9.18 Å². The zero-order chi connectivity index (χ0) is 18.5. The second-order valence-corrected chi connectivity index (χ2v) is 8.18. The molecule has 6 nitrogen and oxygen atoms in total. The van der Waals surface area contributed by atoms with Gasteiger partial charge in [0.2, 0.25) is 5.13 Å². The van der Waals surface area contributed by atoms with Gasteiger partial charge in [0, 0.05) is 5.75 Å². The fraction of sp³-hybridized carbons (Fsp3) is 0.133. The third kappa shape index (κ3) is 4.91. The highest BCUT2D eigenvalue weighted by molar-refractivity contribution is 8.00. The lowest BCUT2D eigenvalue weighted by molar-refractivity contribution is 0.102. The van der Waals surface area contributed by atoms with Gasteiger partial charge in [-0.05, 0) is 24.0 Å². The molecule has 0 radical (unpaired) electrons. The van der Waals surface area contributed by atoms with Gasteiger partial charge < -0.3 is 0 Å². The van der Waals surface area contributed by atoms with Crippen molar-refractivity contribution in [3.8, 4) is 0 Å². The third-order valence-corrected chi connectivity index (χ3v) is 5.90. The SMILES string of the molecule is CSc1ncc(Cl)c(C(=O)Nc2nnc(SCc3ccc(F)cc3)s2)n1.